The SMILES string of the molecule is Cc1ccccc1C.O=S(=O)(O)C(F)(F)F.S. The fraction of sp³-hybridized carbons (Fsp3) is 0.333. The van der Waals surface area contributed by atoms with Crippen molar-refractivity contribution in [2.75, 3.05) is 0 Å². The van der Waals surface area contributed by atoms with Crippen molar-refractivity contribution in [3.8, 4) is 0 Å². The van der Waals surface area contributed by atoms with Crippen LogP contribution in [-0.4, -0.2) is 18.5 Å². The molecule has 0 atom stereocenters. The van der Waals surface area contributed by atoms with E-state index in [1.165, 1.54) is 11.1 Å². The third kappa shape index (κ3) is 7.24. The highest BCUT2D eigenvalue weighted by atomic mass is 32.2. The second-order valence-corrected chi connectivity index (χ2v) is 4.42. The van der Waals surface area contributed by atoms with Crippen LogP contribution in [0.3, 0.4) is 0 Å². The Bertz CT molecular complexity index is 420. The Morgan fingerprint density at radius 2 is 1.29 bits per heavy atom. The van der Waals surface area contributed by atoms with Crippen molar-refractivity contribution in [2.24, 2.45) is 0 Å². The first kappa shape index (κ1) is 18.6. The molecule has 1 N–H and O–H groups in total. The molecular weight excluding hydrogens is 277 g/mol. The van der Waals surface area contributed by atoms with Gasteiger partial charge in [-0.05, 0) is 25.0 Å². The van der Waals surface area contributed by atoms with E-state index in [1.807, 2.05) is 0 Å². The summed E-state index contributed by atoms with van der Waals surface area (Å²) < 4.78 is 57.5. The topological polar surface area (TPSA) is 54.4 Å². The molecule has 0 spiro atoms. The molecule has 100 valence electrons. The maximum absolute atomic E-state index is 10.7. The first-order chi connectivity index (χ1) is 7.05. The van der Waals surface area contributed by atoms with Gasteiger partial charge in [-0.3, -0.25) is 4.55 Å². The van der Waals surface area contributed by atoms with Crippen molar-refractivity contribution in [1.29, 1.82) is 0 Å². The van der Waals surface area contributed by atoms with Crippen LogP contribution in [0.5, 0.6) is 0 Å². The van der Waals surface area contributed by atoms with Crippen LogP contribution in [-0.2, 0) is 10.1 Å². The van der Waals surface area contributed by atoms with E-state index in [4.69, 9.17) is 13.0 Å². The molecule has 0 fully saturated rings. The van der Waals surface area contributed by atoms with Crippen LogP contribution in [0.25, 0.3) is 0 Å². The van der Waals surface area contributed by atoms with Crippen molar-refractivity contribution in [3.63, 3.8) is 0 Å². The van der Waals surface area contributed by atoms with E-state index in [9.17, 15) is 13.2 Å². The summed E-state index contributed by atoms with van der Waals surface area (Å²) >= 11 is 0. The highest BCUT2D eigenvalue weighted by Gasteiger charge is 2.44. The fourth-order valence-electron chi connectivity index (χ4n) is 0.663. The van der Waals surface area contributed by atoms with Crippen LogP contribution in [0.1, 0.15) is 11.1 Å². The van der Waals surface area contributed by atoms with Crippen LogP contribution in [0.2, 0.25) is 0 Å². The lowest BCUT2D eigenvalue weighted by atomic mass is 10.1. The maximum atomic E-state index is 10.7. The summed E-state index contributed by atoms with van der Waals surface area (Å²) in [7, 11) is -5.84. The molecule has 1 aromatic rings. The Morgan fingerprint density at radius 3 is 1.41 bits per heavy atom. The first-order valence-electron chi connectivity index (χ1n) is 4.11. The molecule has 3 nitrogen and oxygen atoms in total. The Labute approximate surface area is 105 Å². The molecule has 0 aliphatic rings. The Morgan fingerprint density at radius 1 is 1.06 bits per heavy atom. The molecule has 0 radical (unpaired) electrons. The number of hydrogen-bond donors (Lipinski definition) is 1. The lowest BCUT2D eigenvalue weighted by Crippen LogP contribution is -2.21. The molecule has 1 rings (SSSR count). The fourth-order valence-corrected chi connectivity index (χ4v) is 0.663. The maximum Gasteiger partial charge on any atom is 0.522 e. The van der Waals surface area contributed by atoms with Crippen LogP contribution < -0.4 is 0 Å². The molecular formula is C9H13F3O3S2. The van der Waals surface area contributed by atoms with Gasteiger partial charge in [-0.1, -0.05) is 24.3 Å². The molecule has 0 aliphatic carbocycles. The van der Waals surface area contributed by atoms with Gasteiger partial charge < -0.3 is 0 Å². The Kier molecular flexibility index (Phi) is 7.53. The number of benzene rings is 1. The van der Waals surface area contributed by atoms with Crippen LogP contribution in [0.4, 0.5) is 13.2 Å². The molecule has 0 saturated carbocycles. The number of rotatable bonds is 0. The lowest BCUT2D eigenvalue weighted by molar-refractivity contribution is -0.0510. The summed E-state index contributed by atoms with van der Waals surface area (Å²) in [5, 5.41) is 0. The summed E-state index contributed by atoms with van der Waals surface area (Å²) in [6.45, 7) is 4.24. The summed E-state index contributed by atoms with van der Waals surface area (Å²) in [6, 6.07) is 8.36. The first-order valence-corrected chi connectivity index (χ1v) is 5.55. The number of hydrogen-bond acceptors (Lipinski definition) is 2. The van der Waals surface area contributed by atoms with Gasteiger partial charge in [0, 0.05) is 0 Å². The molecule has 1 aromatic carbocycles. The standard InChI is InChI=1S/C8H10.CHF3O3S.H2S/c1-7-5-3-4-6-8(7)2;2-1(3,4)8(5,6)7;/h3-6H,1-2H3;(H,5,6,7);1H2. The monoisotopic (exact) mass is 290 g/mol. The second-order valence-electron chi connectivity index (χ2n) is 3.01. The van der Waals surface area contributed by atoms with Crippen molar-refractivity contribution in [2.45, 2.75) is 19.4 Å². The normalized spacial score (nSPS) is 10.9. The van der Waals surface area contributed by atoms with Gasteiger partial charge in [0.05, 0.1) is 0 Å². The second kappa shape index (κ2) is 6.87. The largest absolute Gasteiger partial charge is 0.522 e. The zero-order chi connectivity index (χ0) is 13.0. The van der Waals surface area contributed by atoms with E-state index in [1.54, 1.807) is 0 Å². The average molecular weight is 290 g/mol. The quantitative estimate of drug-likeness (QED) is 0.590. The summed E-state index contributed by atoms with van der Waals surface area (Å²) in [4.78, 5) is 0. The van der Waals surface area contributed by atoms with Crippen molar-refractivity contribution < 1.29 is 26.1 Å². The average Bonchev–Trinajstić information content (AvgIpc) is 2.08. The number of aryl methyl sites for hydroxylation is 2. The highest BCUT2D eigenvalue weighted by molar-refractivity contribution is 7.86. The zero-order valence-electron chi connectivity index (χ0n) is 9.12. The molecule has 17 heavy (non-hydrogen) atoms. The van der Waals surface area contributed by atoms with E-state index in [0.717, 1.165) is 0 Å². The van der Waals surface area contributed by atoms with Gasteiger partial charge in [-0.2, -0.15) is 35.1 Å². The molecule has 0 aromatic heterocycles. The van der Waals surface area contributed by atoms with E-state index in [0.29, 0.717) is 0 Å². The third-order valence-corrected chi connectivity index (χ3v) is 2.30. The molecule has 0 unspecified atom stereocenters. The van der Waals surface area contributed by atoms with Crippen LogP contribution >= 0.6 is 13.5 Å². The van der Waals surface area contributed by atoms with E-state index in [2.05, 4.69) is 38.1 Å². The third-order valence-electron chi connectivity index (χ3n) is 1.72. The summed E-state index contributed by atoms with van der Waals surface area (Å²) in [5.41, 5.74) is -2.80. The van der Waals surface area contributed by atoms with Crippen LogP contribution in [0, 0.1) is 13.8 Å². The Balaban J connectivity index is 0. The predicted octanol–water partition coefficient (Wildman–Crippen LogP) is 2.81. The van der Waals surface area contributed by atoms with E-state index >= 15 is 0 Å². The van der Waals surface area contributed by atoms with Gasteiger partial charge in [0.1, 0.15) is 0 Å². The molecule has 0 aliphatic heterocycles. The van der Waals surface area contributed by atoms with Crippen molar-refractivity contribution in [1.82, 2.24) is 0 Å². The van der Waals surface area contributed by atoms with Gasteiger partial charge in [-0.15, -0.1) is 0 Å². The zero-order valence-corrected chi connectivity index (χ0v) is 10.9. The van der Waals surface area contributed by atoms with Gasteiger partial charge in [0.2, 0.25) is 0 Å². The number of alkyl halides is 3. The molecule has 0 bridgehead atoms. The van der Waals surface area contributed by atoms with Gasteiger partial charge in [0.15, 0.2) is 0 Å². The van der Waals surface area contributed by atoms with E-state index < -0.39 is 15.6 Å². The number of halogens is 3. The van der Waals surface area contributed by atoms with Gasteiger partial charge >= 0.3 is 15.6 Å². The van der Waals surface area contributed by atoms with Crippen molar-refractivity contribution >= 4 is 23.6 Å². The minimum atomic E-state index is -5.84. The van der Waals surface area contributed by atoms with E-state index in [-0.39, 0.29) is 13.5 Å². The molecule has 0 saturated heterocycles. The summed E-state index contributed by atoms with van der Waals surface area (Å²) in [5.74, 6) is 0. The van der Waals surface area contributed by atoms with Gasteiger partial charge in [-0.25, -0.2) is 0 Å². The highest BCUT2D eigenvalue weighted by Crippen LogP contribution is 2.20. The summed E-state index contributed by atoms with van der Waals surface area (Å²) in [6.07, 6.45) is 0. The molecule has 0 amide bonds. The predicted molar refractivity (Wildman–Crippen MR) is 63.9 cm³/mol. The van der Waals surface area contributed by atoms with Crippen LogP contribution in [0.15, 0.2) is 24.3 Å². The minimum absolute atomic E-state index is 0. The molecule has 0 heterocycles. The lowest BCUT2D eigenvalue weighted by Gasteiger charge is -1.97. The van der Waals surface area contributed by atoms with Crippen molar-refractivity contribution in [3.05, 3.63) is 35.4 Å². The molecule has 8 heteroatoms. The Hall–Kier alpha value is -0.730. The van der Waals surface area contributed by atoms with Gasteiger partial charge in [0.25, 0.3) is 0 Å². The minimum Gasteiger partial charge on any atom is -0.279 e. The smallest absolute Gasteiger partial charge is 0.279 e.